The van der Waals surface area contributed by atoms with Gasteiger partial charge in [0.1, 0.15) is 0 Å². The Balaban J connectivity index is 1.96. The van der Waals surface area contributed by atoms with Crippen LogP contribution in [0.4, 0.5) is 0 Å². The molecule has 0 atom stereocenters. The molecule has 0 aromatic rings. The Kier molecular flexibility index (Phi) is 1.71. The van der Waals surface area contributed by atoms with Gasteiger partial charge in [0.15, 0.2) is 0 Å². The van der Waals surface area contributed by atoms with Gasteiger partial charge in [0.2, 0.25) is 5.24 Å². The number of ether oxygens (including phenoxy) is 1. The third-order valence-corrected chi connectivity index (χ3v) is 3.56. The van der Waals surface area contributed by atoms with Crippen LogP contribution in [0.1, 0.15) is 26.2 Å². The molecule has 3 aliphatic carbocycles. The summed E-state index contributed by atoms with van der Waals surface area (Å²) in [5.41, 5.74) is -0.713. The van der Waals surface area contributed by atoms with Crippen LogP contribution in [0, 0.1) is 10.8 Å². The quantitative estimate of drug-likeness (QED) is 0.515. The maximum atomic E-state index is 11.4. The minimum Gasteiger partial charge on any atom is -0.466 e. The van der Waals surface area contributed by atoms with Crippen molar-refractivity contribution in [2.75, 3.05) is 6.61 Å². The molecule has 3 saturated carbocycles. The van der Waals surface area contributed by atoms with Crippen LogP contribution in [0.2, 0.25) is 0 Å². The number of hydrogen-bond acceptors (Lipinski definition) is 3. The van der Waals surface area contributed by atoms with Crippen LogP contribution in [0.5, 0.6) is 0 Å². The van der Waals surface area contributed by atoms with Crippen molar-refractivity contribution >= 4 is 22.8 Å². The Morgan fingerprint density at radius 1 is 1.31 bits per heavy atom. The zero-order valence-corrected chi connectivity index (χ0v) is 8.19. The second kappa shape index (κ2) is 2.47. The van der Waals surface area contributed by atoms with Crippen LogP contribution in [-0.4, -0.2) is 17.8 Å². The van der Waals surface area contributed by atoms with Crippen LogP contribution < -0.4 is 0 Å². The molecule has 72 valence electrons. The molecule has 2 bridgehead atoms. The van der Waals surface area contributed by atoms with E-state index < -0.39 is 0 Å². The lowest BCUT2D eigenvalue weighted by molar-refractivity contribution is -0.219. The van der Waals surface area contributed by atoms with Gasteiger partial charge in [-0.15, -0.1) is 0 Å². The lowest BCUT2D eigenvalue weighted by Gasteiger charge is -2.66. The van der Waals surface area contributed by atoms with E-state index in [-0.39, 0.29) is 22.0 Å². The lowest BCUT2D eigenvalue weighted by Crippen LogP contribution is -2.68. The second-order valence-corrected chi connectivity index (χ2v) is 4.43. The Morgan fingerprint density at radius 2 is 1.85 bits per heavy atom. The van der Waals surface area contributed by atoms with Gasteiger partial charge >= 0.3 is 5.97 Å². The number of carbonyl (C=O) groups excluding carboxylic acids is 2. The van der Waals surface area contributed by atoms with Crippen molar-refractivity contribution in [2.45, 2.75) is 26.2 Å². The Labute approximate surface area is 81.4 Å². The van der Waals surface area contributed by atoms with Crippen molar-refractivity contribution < 1.29 is 14.3 Å². The standard InChI is InChI=1S/C9H11ClO3/c1-2-13-7(12)9-3-8(4-9,5-9)6(10)11/h2-5H2,1H3/t8-,9-. The average molecular weight is 203 g/mol. The van der Waals surface area contributed by atoms with Crippen molar-refractivity contribution in [3.8, 4) is 0 Å². The van der Waals surface area contributed by atoms with Gasteiger partial charge in [-0.05, 0) is 37.8 Å². The van der Waals surface area contributed by atoms with Gasteiger partial charge in [0.25, 0.3) is 0 Å². The highest BCUT2D eigenvalue weighted by molar-refractivity contribution is 6.65. The number of hydrogen-bond donors (Lipinski definition) is 0. The summed E-state index contributed by atoms with van der Waals surface area (Å²) in [6.45, 7) is 2.19. The van der Waals surface area contributed by atoms with E-state index in [1.165, 1.54) is 0 Å². The minimum atomic E-state index is -0.367. The molecule has 0 spiro atoms. The first-order valence-electron chi connectivity index (χ1n) is 4.42. The fourth-order valence-electron chi connectivity index (χ4n) is 2.50. The molecule has 0 N–H and O–H groups in total. The average Bonchev–Trinajstić information content (AvgIpc) is 1.79. The largest absolute Gasteiger partial charge is 0.466 e. The van der Waals surface area contributed by atoms with E-state index in [4.69, 9.17) is 16.3 Å². The number of halogens is 1. The van der Waals surface area contributed by atoms with Crippen LogP contribution in [-0.2, 0) is 14.3 Å². The maximum Gasteiger partial charge on any atom is 0.312 e. The normalized spacial score (nSPS) is 40.2. The first-order valence-corrected chi connectivity index (χ1v) is 4.80. The molecule has 13 heavy (non-hydrogen) atoms. The smallest absolute Gasteiger partial charge is 0.312 e. The van der Waals surface area contributed by atoms with Crippen molar-refractivity contribution in [3.05, 3.63) is 0 Å². The van der Waals surface area contributed by atoms with E-state index in [2.05, 4.69) is 0 Å². The molecule has 0 aromatic heterocycles. The van der Waals surface area contributed by atoms with Crippen molar-refractivity contribution in [1.29, 1.82) is 0 Å². The van der Waals surface area contributed by atoms with Gasteiger partial charge in [0.05, 0.1) is 12.0 Å². The number of carbonyl (C=O) groups is 2. The molecule has 3 nitrogen and oxygen atoms in total. The first kappa shape index (κ1) is 9.00. The van der Waals surface area contributed by atoms with Gasteiger partial charge in [-0.2, -0.15) is 0 Å². The highest BCUT2D eigenvalue weighted by Gasteiger charge is 2.75. The molecule has 0 heterocycles. The van der Waals surface area contributed by atoms with Gasteiger partial charge in [-0.1, -0.05) is 0 Å². The molecule has 0 amide bonds. The second-order valence-electron chi connectivity index (χ2n) is 4.09. The van der Waals surface area contributed by atoms with Crippen molar-refractivity contribution in [3.63, 3.8) is 0 Å². The number of esters is 1. The van der Waals surface area contributed by atoms with Crippen LogP contribution in [0.3, 0.4) is 0 Å². The summed E-state index contributed by atoms with van der Waals surface area (Å²) in [5.74, 6) is -0.158. The molecule has 3 fully saturated rings. The van der Waals surface area contributed by atoms with Crippen molar-refractivity contribution in [1.82, 2.24) is 0 Å². The maximum absolute atomic E-state index is 11.4. The highest BCUT2D eigenvalue weighted by atomic mass is 35.5. The minimum absolute atomic E-state index is 0.158. The Hall–Kier alpha value is -0.570. The summed E-state index contributed by atoms with van der Waals surface area (Å²) in [5, 5.41) is -0.293. The summed E-state index contributed by atoms with van der Waals surface area (Å²) in [7, 11) is 0. The summed E-state index contributed by atoms with van der Waals surface area (Å²) in [6.07, 6.45) is 1.80. The molecular formula is C9H11ClO3. The van der Waals surface area contributed by atoms with E-state index in [1.54, 1.807) is 6.92 Å². The molecule has 0 aromatic carbocycles. The van der Waals surface area contributed by atoms with E-state index in [9.17, 15) is 9.59 Å². The van der Waals surface area contributed by atoms with Gasteiger partial charge in [0, 0.05) is 5.41 Å². The number of rotatable bonds is 3. The predicted molar refractivity (Wildman–Crippen MR) is 46.2 cm³/mol. The van der Waals surface area contributed by atoms with Crippen LogP contribution in [0.15, 0.2) is 0 Å². The van der Waals surface area contributed by atoms with Crippen LogP contribution in [0.25, 0.3) is 0 Å². The zero-order chi connectivity index (χ0) is 9.69. The Bertz CT molecular complexity index is 265. The summed E-state index contributed by atoms with van der Waals surface area (Å²) in [4.78, 5) is 22.3. The molecule has 0 unspecified atom stereocenters. The van der Waals surface area contributed by atoms with E-state index in [0.717, 1.165) is 0 Å². The van der Waals surface area contributed by atoms with Gasteiger partial charge in [-0.25, -0.2) is 0 Å². The first-order chi connectivity index (χ1) is 6.05. The summed E-state index contributed by atoms with van der Waals surface area (Å²) in [6, 6.07) is 0. The monoisotopic (exact) mass is 202 g/mol. The molecule has 0 aliphatic heterocycles. The van der Waals surface area contributed by atoms with E-state index >= 15 is 0 Å². The van der Waals surface area contributed by atoms with Gasteiger partial charge < -0.3 is 4.74 Å². The predicted octanol–water partition coefficient (Wildman–Crippen LogP) is 1.49. The van der Waals surface area contributed by atoms with Crippen LogP contribution >= 0.6 is 11.6 Å². The van der Waals surface area contributed by atoms with Crippen molar-refractivity contribution in [2.24, 2.45) is 10.8 Å². The third kappa shape index (κ3) is 0.966. The molecule has 3 aliphatic rings. The highest BCUT2D eigenvalue weighted by Crippen LogP contribution is 2.74. The molecule has 0 radical (unpaired) electrons. The SMILES string of the molecule is CCOC(=O)[C@]12C[C@@](C(=O)Cl)(C1)C2. The van der Waals surface area contributed by atoms with E-state index in [0.29, 0.717) is 25.9 Å². The molecule has 4 heteroatoms. The summed E-state index contributed by atoms with van der Waals surface area (Å²) >= 11 is 5.41. The molecular weight excluding hydrogens is 192 g/mol. The Morgan fingerprint density at radius 3 is 2.23 bits per heavy atom. The molecule has 3 rings (SSSR count). The topological polar surface area (TPSA) is 43.4 Å². The van der Waals surface area contributed by atoms with Gasteiger partial charge in [-0.3, -0.25) is 9.59 Å². The fraction of sp³-hybridized carbons (Fsp3) is 0.778. The third-order valence-electron chi connectivity index (χ3n) is 3.16. The zero-order valence-electron chi connectivity index (χ0n) is 7.43. The molecule has 0 saturated heterocycles. The lowest BCUT2D eigenvalue weighted by atomic mass is 9.35. The fourth-order valence-corrected chi connectivity index (χ4v) is 2.70. The van der Waals surface area contributed by atoms with E-state index in [1.807, 2.05) is 0 Å². The summed E-state index contributed by atoms with van der Waals surface area (Å²) < 4.78 is 4.92.